The Morgan fingerprint density at radius 3 is 2.86 bits per heavy atom. The molecule has 0 unspecified atom stereocenters. The summed E-state index contributed by atoms with van der Waals surface area (Å²) in [5.74, 6) is 0.876. The minimum atomic E-state index is -0.228. The van der Waals surface area contributed by atoms with E-state index in [0.717, 1.165) is 25.2 Å². The van der Waals surface area contributed by atoms with Crippen LogP contribution in [0.4, 0.5) is 22.2 Å². The summed E-state index contributed by atoms with van der Waals surface area (Å²) in [5, 5.41) is 9.83. The maximum atomic E-state index is 13.2. The number of anilines is 3. The van der Waals surface area contributed by atoms with Crippen molar-refractivity contribution < 1.29 is 4.79 Å². The summed E-state index contributed by atoms with van der Waals surface area (Å²) in [4.78, 5) is 40.5. The van der Waals surface area contributed by atoms with Crippen molar-refractivity contribution in [3.8, 4) is 5.69 Å². The van der Waals surface area contributed by atoms with Gasteiger partial charge < -0.3 is 16.0 Å². The molecule has 1 fully saturated rings. The van der Waals surface area contributed by atoms with Gasteiger partial charge in [-0.25, -0.2) is 24.1 Å². The van der Waals surface area contributed by atoms with Crippen molar-refractivity contribution >= 4 is 34.5 Å². The molecule has 0 spiro atoms. The number of amides is 2. The van der Waals surface area contributed by atoms with Gasteiger partial charge in [0, 0.05) is 43.8 Å². The normalized spacial score (nSPS) is 15.1. The van der Waals surface area contributed by atoms with Gasteiger partial charge in [-0.2, -0.15) is 4.98 Å². The molecule has 5 heterocycles. The molecule has 0 bridgehead atoms. The second kappa shape index (κ2) is 8.93. The van der Waals surface area contributed by atoms with Gasteiger partial charge in [0.05, 0.1) is 12.2 Å². The lowest BCUT2D eigenvalue weighted by Gasteiger charge is -2.18. The number of urea groups is 1. The maximum Gasteiger partial charge on any atom is 0.323 e. The van der Waals surface area contributed by atoms with Gasteiger partial charge in [0.15, 0.2) is 5.65 Å². The molecule has 0 saturated carbocycles. The van der Waals surface area contributed by atoms with Crippen LogP contribution < -0.4 is 26.4 Å². The summed E-state index contributed by atoms with van der Waals surface area (Å²) >= 11 is 0. The molecule has 6 rings (SSSR count). The fourth-order valence-corrected chi connectivity index (χ4v) is 4.70. The van der Waals surface area contributed by atoms with E-state index in [1.54, 1.807) is 44.9 Å². The van der Waals surface area contributed by atoms with Gasteiger partial charge in [-0.1, -0.05) is 12.1 Å². The Labute approximate surface area is 206 Å². The third kappa shape index (κ3) is 3.79. The van der Waals surface area contributed by atoms with Crippen molar-refractivity contribution in [2.24, 2.45) is 0 Å². The highest BCUT2D eigenvalue weighted by Gasteiger charge is 2.24. The summed E-state index contributed by atoms with van der Waals surface area (Å²) < 4.78 is 3.27. The molecule has 182 valence electrons. The van der Waals surface area contributed by atoms with Crippen LogP contribution in [0.15, 0.2) is 60.2 Å². The van der Waals surface area contributed by atoms with Crippen molar-refractivity contribution in [3.63, 3.8) is 0 Å². The minimum absolute atomic E-state index is 0.199. The number of nitrogens with one attached hydrogen (secondary N) is 3. The molecule has 2 amide bonds. The molecule has 11 nitrogen and oxygen atoms in total. The molecule has 0 atom stereocenters. The van der Waals surface area contributed by atoms with E-state index in [1.807, 2.05) is 6.07 Å². The first-order chi connectivity index (χ1) is 17.6. The largest absolute Gasteiger partial charge is 0.336 e. The molecule has 3 aromatic heterocycles. The summed E-state index contributed by atoms with van der Waals surface area (Å²) in [6.07, 6.45) is 5.82. The summed E-state index contributed by atoms with van der Waals surface area (Å²) in [6.45, 7) is 6.96. The standard InChI is InChI=1S/C25H25N9O2/c1-2-10-33-23(35)20-15-29-24(30-18-4-3-16-5-7-26-14-17(16)12-18)31-22(20)34(33)19-6-8-27-21(13-19)32-11-9-28-25(32)36/h2-4,6,8,12-13,15,26H,1,5,7,9-11,14H2,(H,28,36)(H,29,30,31). The predicted octanol–water partition coefficient (Wildman–Crippen LogP) is 2.08. The van der Waals surface area contributed by atoms with E-state index in [9.17, 15) is 9.59 Å². The zero-order valence-electron chi connectivity index (χ0n) is 19.6. The zero-order valence-corrected chi connectivity index (χ0v) is 19.6. The molecule has 2 aliphatic heterocycles. The van der Waals surface area contributed by atoms with E-state index in [0.29, 0.717) is 41.6 Å². The Morgan fingerprint density at radius 1 is 1.11 bits per heavy atom. The van der Waals surface area contributed by atoms with Crippen LogP contribution in [0.5, 0.6) is 0 Å². The quantitative estimate of drug-likeness (QED) is 0.359. The Morgan fingerprint density at radius 2 is 2.03 bits per heavy atom. The van der Waals surface area contributed by atoms with E-state index in [4.69, 9.17) is 4.98 Å². The van der Waals surface area contributed by atoms with E-state index in [-0.39, 0.29) is 18.1 Å². The molecular formula is C25H25N9O2. The molecule has 1 saturated heterocycles. The first-order valence-corrected chi connectivity index (χ1v) is 11.8. The number of pyridine rings is 1. The molecule has 36 heavy (non-hydrogen) atoms. The number of rotatable bonds is 6. The molecule has 0 aliphatic carbocycles. The number of carbonyl (C=O) groups is 1. The van der Waals surface area contributed by atoms with E-state index < -0.39 is 0 Å². The minimum Gasteiger partial charge on any atom is -0.336 e. The molecule has 3 N–H and O–H groups in total. The van der Waals surface area contributed by atoms with E-state index >= 15 is 0 Å². The molecular weight excluding hydrogens is 458 g/mol. The number of fused-ring (bicyclic) bond motifs is 2. The third-order valence-electron chi connectivity index (χ3n) is 6.43. The van der Waals surface area contributed by atoms with Crippen LogP contribution in [-0.2, 0) is 19.5 Å². The first kappa shape index (κ1) is 22.0. The van der Waals surface area contributed by atoms with Crippen molar-refractivity contribution in [1.82, 2.24) is 34.9 Å². The number of nitrogens with zero attached hydrogens (tertiary/aromatic N) is 6. The number of benzene rings is 1. The van der Waals surface area contributed by atoms with Crippen molar-refractivity contribution in [2.75, 3.05) is 29.9 Å². The van der Waals surface area contributed by atoms with Gasteiger partial charge in [0.1, 0.15) is 11.2 Å². The Balaban J connectivity index is 1.44. The predicted molar refractivity (Wildman–Crippen MR) is 137 cm³/mol. The topological polar surface area (TPSA) is 122 Å². The fourth-order valence-electron chi connectivity index (χ4n) is 4.70. The fraction of sp³-hybridized carbons (Fsp3) is 0.240. The van der Waals surface area contributed by atoms with Crippen molar-refractivity contribution in [1.29, 1.82) is 0 Å². The number of allylic oxidation sites excluding steroid dienone is 1. The SMILES string of the molecule is C=CCn1c(=O)c2cnc(Nc3ccc4c(c3)CNCC4)nc2n1-c1ccnc(N2CCNC2=O)c1. The van der Waals surface area contributed by atoms with Gasteiger partial charge in [0.2, 0.25) is 5.95 Å². The first-order valence-electron chi connectivity index (χ1n) is 11.8. The van der Waals surface area contributed by atoms with Gasteiger partial charge in [-0.05, 0) is 42.3 Å². The smallest absolute Gasteiger partial charge is 0.323 e. The van der Waals surface area contributed by atoms with Crippen LogP contribution in [-0.4, -0.2) is 50.0 Å². The summed E-state index contributed by atoms with van der Waals surface area (Å²) in [5.41, 5.74) is 4.33. The van der Waals surface area contributed by atoms with Crippen molar-refractivity contribution in [3.05, 3.63) is 76.9 Å². The van der Waals surface area contributed by atoms with Crippen LogP contribution in [0.2, 0.25) is 0 Å². The number of carbonyl (C=O) groups excluding carboxylic acids is 1. The highest BCUT2D eigenvalue weighted by atomic mass is 16.2. The zero-order chi connectivity index (χ0) is 24.6. The van der Waals surface area contributed by atoms with E-state index in [1.165, 1.54) is 11.1 Å². The average molecular weight is 484 g/mol. The van der Waals surface area contributed by atoms with Crippen LogP contribution >= 0.6 is 0 Å². The highest BCUT2D eigenvalue weighted by molar-refractivity contribution is 5.93. The maximum absolute atomic E-state index is 13.2. The van der Waals surface area contributed by atoms with Crippen LogP contribution in [0, 0.1) is 0 Å². The molecule has 11 heteroatoms. The molecule has 0 radical (unpaired) electrons. The molecule has 4 aromatic rings. The average Bonchev–Trinajstić information content (AvgIpc) is 3.45. The van der Waals surface area contributed by atoms with Crippen LogP contribution in [0.3, 0.4) is 0 Å². The number of hydrogen-bond acceptors (Lipinski definition) is 7. The number of aromatic nitrogens is 5. The second-order valence-electron chi connectivity index (χ2n) is 8.71. The lowest BCUT2D eigenvalue weighted by atomic mass is 10.0. The van der Waals surface area contributed by atoms with E-state index in [2.05, 4.69) is 44.6 Å². The Bertz CT molecular complexity index is 1560. The van der Waals surface area contributed by atoms with Crippen LogP contribution in [0.25, 0.3) is 16.7 Å². The lowest BCUT2D eigenvalue weighted by molar-refractivity contribution is 0.252. The third-order valence-corrected chi connectivity index (χ3v) is 6.43. The van der Waals surface area contributed by atoms with Crippen LogP contribution in [0.1, 0.15) is 11.1 Å². The Kier molecular flexibility index (Phi) is 5.45. The summed E-state index contributed by atoms with van der Waals surface area (Å²) in [6, 6.07) is 9.59. The van der Waals surface area contributed by atoms with Gasteiger partial charge in [0.25, 0.3) is 5.56 Å². The second-order valence-corrected chi connectivity index (χ2v) is 8.71. The van der Waals surface area contributed by atoms with Gasteiger partial charge >= 0.3 is 6.03 Å². The highest BCUT2D eigenvalue weighted by Crippen LogP contribution is 2.24. The lowest BCUT2D eigenvalue weighted by Crippen LogP contribution is -2.28. The monoisotopic (exact) mass is 483 g/mol. The van der Waals surface area contributed by atoms with Gasteiger partial charge in [-0.3, -0.25) is 9.69 Å². The summed E-state index contributed by atoms with van der Waals surface area (Å²) in [7, 11) is 0. The number of hydrogen-bond donors (Lipinski definition) is 3. The molecule has 2 aliphatic rings. The molecule has 1 aromatic carbocycles. The van der Waals surface area contributed by atoms with Gasteiger partial charge in [-0.15, -0.1) is 6.58 Å². The van der Waals surface area contributed by atoms with Crippen molar-refractivity contribution in [2.45, 2.75) is 19.5 Å². The Hall–Kier alpha value is -4.51.